The summed E-state index contributed by atoms with van der Waals surface area (Å²) in [4.78, 5) is 43.0. The molecule has 0 bridgehead atoms. The van der Waals surface area contributed by atoms with E-state index in [4.69, 9.17) is 9.47 Å². The van der Waals surface area contributed by atoms with Crippen LogP contribution in [0.2, 0.25) is 0 Å². The molecule has 29 heavy (non-hydrogen) atoms. The molecule has 2 aromatic rings. The number of carbonyl (C=O) groups excluding carboxylic acids is 3. The maximum absolute atomic E-state index is 13.0. The van der Waals surface area contributed by atoms with E-state index >= 15 is 0 Å². The van der Waals surface area contributed by atoms with Crippen molar-refractivity contribution >= 4 is 17.8 Å². The Morgan fingerprint density at radius 3 is 2.31 bits per heavy atom. The van der Waals surface area contributed by atoms with Crippen molar-refractivity contribution in [3.05, 3.63) is 77.3 Å². The second kappa shape index (κ2) is 7.50. The molecule has 1 unspecified atom stereocenters. The van der Waals surface area contributed by atoms with Crippen LogP contribution >= 0.6 is 0 Å². The number of hydrogen-bond donors (Lipinski definition) is 1. The molecule has 0 saturated carbocycles. The maximum Gasteiger partial charge on any atom is 0.346 e. The van der Waals surface area contributed by atoms with Crippen LogP contribution in [-0.4, -0.2) is 28.4 Å². The molecule has 0 fully saturated rings. The Morgan fingerprint density at radius 2 is 1.72 bits per heavy atom. The molecule has 7 heteroatoms. The van der Waals surface area contributed by atoms with Gasteiger partial charge in [-0.1, -0.05) is 36.4 Å². The van der Waals surface area contributed by atoms with Crippen molar-refractivity contribution in [2.75, 3.05) is 0 Å². The van der Waals surface area contributed by atoms with Crippen molar-refractivity contribution in [2.45, 2.75) is 38.8 Å². The molecular weight excluding hydrogens is 372 g/mol. The van der Waals surface area contributed by atoms with Crippen LogP contribution < -0.4 is 5.32 Å². The third-order valence-corrected chi connectivity index (χ3v) is 4.29. The SMILES string of the molecule is CC1=C(C(=O)OC(C)(C)C)C(NC(=O)c2ccccn2)(c2ccccc2)C(=O)O1. The van der Waals surface area contributed by atoms with Crippen LogP contribution in [0.4, 0.5) is 0 Å². The summed E-state index contributed by atoms with van der Waals surface area (Å²) < 4.78 is 10.8. The van der Waals surface area contributed by atoms with E-state index in [1.54, 1.807) is 63.2 Å². The van der Waals surface area contributed by atoms with Crippen LogP contribution in [0.5, 0.6) is 0 Å². The second-order valence-corrected chi connectivity index (χ2v) is 7.61. The lowest BCUT2D eigenvalue weighted by Gasteiger charge is -2.30. The van der Waals surface area contributed by atoms with E-state index in [-0.39, 0.29) is 17.0 Å². The average Bonchev–Trinajstić information content (AvgIpc) is 2.92. The zero-order valence-electron chi connectivity index (χ0n) is 16.7. The monoisotopic (exact) mass is 394 g/mol. The van der Waals surface area contributed by atoms with Crippen LogP contribution in [0.15, 0.2) is 66.1 Å². The molecule has 2 heterocycles. The number of ether oxygens (including phenoxy) is 2. The zero-order chi connectivity index (χ0) is 21.2. The van der Waals surface area contributed by atoms with E-state index in [0.717, 1.165) is 0 Å². The van der Waals surface area contributed by atoms with E-state index < -0.39 is 29.0 Å². The van der Waals surface area contributed by atoms with Gasteiger partial charge in [0.15, 0.2) is 0 Å². The molecular formula is C22H22N2O5. The fourth-order valence-corrected chi connectivity index (χ4v) is 3.13. The Morgan fingerprint density at radius 1 is 1.07 bits per heavy atom. The summed E-state index contributed by atoms with van der Waals surface area (Å²) in [7, 11) is 0. The third-order valence-electron chi connectivity index (χ3n) is 4.29. The topological polar surface area (TPSA) is 94.6 Å². The van der Waals surface area contributed by atoms with Crippen LogP contribution in [0.1, 0.15) is 43.7 Å². The van der Waals surface area contributed by atoms with E-state index in [9.17, 15) is 14.4 Å². The fourth-order valence-electron chi connectivity index (χ4n) is 3.13. The first-order chi connectivity index (χ1) is 13.6. The summed E-state index contributed by atoms with van der Waals surface area (Å²) in [6.07, 6.45) is 1.47. The molecule has 7 nitrogen and oxygen atoms in total. The highest BCUT2D eigenvalue weighted by Gasteiger charge is 2.56. The van der Waals surface area contributed by atoms with Crippen molar-refractivity contribution in [1.82, 2.24) is 10.3 Å². The Balaban J connectivity index is 2.15. The van der Waals surface area contributed by atoms with Gasteiger partial charge in [0.1, 0.15) is 22.6 Å². The van der Waals surface area contributed by atoms with E-state index in [1.807, 2.05) is 0 Å². The summed E-state index contributed by atoms with van der Waals surface area (Å²) in [6, 6.07) is 13.3. The molecule has 0 radical (unpaired) electrons. The maximum atomic E-state index is 13.0. The van der Waals surface area contributed by atoms with E-state index in [0.29, 0.717) is 5.56 Å². The predicted octanol–water partition coefficient (Wildman–Crippen LogP) is 2.88. The van der Waals surface area contributed by atoms with Gasteiger partial charge in [0.25, 0.3) is 5.91 Å². The third kappa shape index (κ3) is 3.89. The number of nitrogens with one attached hydrogen (secondary N) is 1. The largest absolute Gasteiger partial charge is 0.456 e. The number of aromatic nitrogens is 1. The number of hydrogen-bond acceptors (Lipinski definition) is 6. The molecule has 1 N–H and O–H groups in total. The van der Waals surface area contributed by atoms with Gasteiger partial charge in [-0.2, -0.15) is 0 Å². The molecule has 0 spiro atoms. The van der Waals surface area contributed by atoms with Gasteiger partial charge in [-0.05, 0) is 45.4 Å². The zero-order valence-corrected chi connectivity index (χ0v) is 16.7. The number of esters is 2. The minimum absolute atomic E-state index is 0.0621. The van der Waals surface area contributed by atoms with E-state index in [1.165, 1.54) is 19.2 Å². The highest BCUT2D eigenvalue weighted by atomic mass is 16.6. The first-order valence-corrected chi connectivity index (χ1v) is 9.11. The number of carbonyl (C=O) groups is 3. The lowest BCUT2D eigenvalue weighted by Crippen LogP contribution is -2.53. The lowest BCUT2D eigenvalue weighted by atomic mass is 9.82. The first-order valence-electron chi connectivity index (χ1n) is 9.11. The predicted molar refractivity (Wildman–Crippen MR) is 104 cm³/mol. The molecule has 1 amide bonds. The molecule has 1 aromatic heterocycles. The van der Waals surface area contributed by atoms with Gasteiger partial charge < -0.3 is 14.8 Å². The summed E-state index contributed by atoms with van der Waals surface area (Å²) in [6.45, 7) is 6.65. The Hall–Kier alpha value is -3.48. The Kier molecular flexibility index (Phi) is 5.24. The Bertz CT molecular complexity index is 977. The summed E-state index contributed by atoms with van der Waals surface area (Å²) in [5.41, 5.74) is -2.23. The number of rotatable bonds is 4. The van der Waals surface area contributed by atoms with Crippen LogP contribution in [0.3, 0.4) is 0 Å². The average molecular weight is 394 g/mol. The first kappa shape index (κ1) is 20.3. The van der Waals surface area contributed by atoms with Crippen LogP contribution in [-0.2, 0) is 24.6 Å². The van der Waals surface area contributed by atoms with Gasteiger partial charge in [-0.3, -0.25) is 9.78 Å². The van der Waals surface area contributed by atoms with Crippen molar-refractivity contribution in [3.8, 4) is 0 Å². The van der Waals surface area contributed by atoms with Crippen molar-refractivity contribution in [3.63, 3.8) is 0 Å². The van der Waals surface area contributed by atoms with Crippen LogP contribution in [0, 0.1) is 0 Å². The molecule has 0 saturated heterocycles. The molecule has 1 atom stereocenters. The lowest BCUT2D eigenvalue weighted by molar-refractivity contribution is -0.152. The van der Waals surface area contributed by atoms with Gasteiger partial charge in [-0.25, -0.2) is 9.59 Å². The number of cyclic esters (lactones) is 1. The van der Waals surface area contributed by atoms with Gasteiger partial charge >= 0.3 is 11.9 Å². The summed E-state index contributed by atoms with van der Waals surface area (Å²) >= 11 is 0. The molecule has 0 aliphatic carbocycles. The fraction of sp³-hybridized carbons (Fsp3) is 0.273. The van der Waals surface area contributed by atoms with Crippen molar-refractivity contribution in [2.24, 2.45) is 0 Å². The summed E-state index contributed by atoms with van der Waals surface area (Å²) in [5, 5.41) is 2.69. The highest BCUT2D eigenvalue weighted by Crippen LogP contribution is 2.40. The van der Waals surface area contributed by atoms with Gasteiger partial charge in [-0.15, -0.1) is 0 Å². The van der Waals surface area contributed by atoms with E-state index in [2.05, 4.69) is 10.3 Å². The second-order valence-electron chi connectivity index (χ2n) is 7.61. The molecule has 1 aromatic carbocycles. The minimum atomic E-state index is -1.84. The number of benzene rings is 1. The molecule has 150 valence electrons. The van der Waals surface area contributed by atoms with Crippen molar-refractivity contribution < 1.29 is 23.9 Å². The number of pyridine rings is 1. The number of nitrogens with zero attached hydrogens (tertiary/aromatic N) is 1. The number of amides is 1. The quantitative estimate of drug-likeness (QED) is 0.802. The molecule has 1 aliphatic heterocycles. The summed E-state index contributed by atoms with van der Waals surface area (Å²) in [5.74, 6) is -2.08. The number of allylic oxidation sites excluding steroid dienone is 1. The standard InChI is InChI=1S/C22H22N2O5/c1-14-17(19(26)29-21(2,3)4)22(20(27)28-14,15-10-6-5-7-11-15)24-18(25)16-12-8-9-13-23-16/h5-13H,1-4H3,(H,24,25). The smallest absolute Gasteiger partial charge is 0.346 e. The Labute approximate surface area is 168 Å². The minimum Gasteiger partial charge on any atom is -0.456 e. The van der Waals surface area contributed by atoms with Crippen LogP contribution in [0.25, 0.3) is 0 Å². The van der Waals surface area contributed by atoms with Gasteiger partial charge in [0, 0.05) is 6.20 Å². The highest BCUT2D eigenvalue weighted by molar-refractivity contribution is 6.08. The van der Waals surface area contributed by atoms with Gasteiger partial charge in [0.2, 0.25) is 5.54 Å². The normalized spacial score (nSPS) is 19.0. The molecule has 3 rings (SSSR count). The van der Waals surface area contributed by atoms with Gasteiger partial charge in [0.05, 0.1) is 0 Å². The molecule has 1 aliphatic rings. The van der Waals surface area contributed by atoms with Crippen molar-refractivity contribution in [1.29, 1.82) is 0 Å².